The molecule has 40 heavy (non-hydrogen) atoms. The van der Waals surface area contributed by atoms with Crippen LogP contribution in [0.3, 0.4) is 0 Å². The number of nitrogens with zero attached hydrogens (tertiary/aromatic N) is 2. The summed E-state index contributed by atoms with van der Waals surface area (Å²) in [7, 11) is 2.23. The van der Waals surface area contributed by atoms with Gasteiger partial charge in [-0.25, -0.2) is 4.57 Å². The van der Waals surface area contributed by atoms with Gasteiger partial charge in [0.05, 0.1) is 27.3 Å². The first kappa shape index (κ1) is 24.2. The Bertz CT molecular complexity index is 2150. The van der Waals surface area contributed by atoms with Gasteiger partial charge in [-0.1, -0.05) is 81.6 Å². The molecule has 1 aliphatic carbocycles. The standard InChI is InChI=1S/C38H39N2/c1-22-11-14-27-23(2)33-36(31(30(27)19-22)21-38(3,4)5)40-32-20-26(24-9-7-8-10-24)13-15-28(32)29-16-12-25-17-18-39(6)37(33)34(25)35(29)40/h11-20,24H,7-10,21H2,1-6H3/q+1. The molecule has 1 aliphatic rings. The van der Waals surface area contributed by atoms with Crippen LogP contribution in [0.15, 0.2) is 60.8 Å². The summed E-state index contributed by atoms with van der Waals surface area (Å²) in [6, 6.07) is 21.5. The molecule has 0 radical (unpaired) electrons. The average molecular weight is 524 g/mol. The van der Waals surface area contributed by atoms with Crippen LogP contribution in [-0.4, -0.2) is 4.40 Å². The number of aryl methyl sites for hydroxylation is 3. The number of pyridine rings is 2. The summed E-state index contributed by atoms with van der Waals surface area (Å²) in [4.78, 5) is 0. The molecule has 2 nitrogen and oxygen atoms in total. The number of fused-ring (bicyclic) bond motifs is 7. The first-order valence-electron chi connectivity index (χ1n) is 15.2. The van der Waals surface area contributed by atoms with Gasteiger partial charge in [0.2, 0.25) is 5.52 Å². The lowest BCUT2D eigenvalue weighted by Gasteiger charge is -2.24. The van der Waals surface area contributed by atoms with Crippen LogP contribution in [0.2, 0.25) is 0 Å². The molecule has 0 saturated heterocycles. The fourth-order valence-electron chi connectivity index (χ4n) is 8.09. The van der Waals surface area contributed by atoms with Crippen molar-refractivity contribution in [3.8, 4) is 0 Å². The summed E-state index contributed by atoms with van der Waals surface area (Å²) in [5.74, 6) is 0.693. The molecule has 7 aromatic rings. The second-order valence-corrected chi connectivity index (χ2v) is 13.9. The van der Waals surface area contributed by atoms with Gasteiger partial charge >= 0.3 is 0 Å². The van der Waals surface area contributed by atoms with Crippen LogP contribution in [0, 0.1) is 19.3 Å². The summed E-state index contributed by atoms with van der Waals surface area (Å²) >= 11 is 0. The minimum Gasteiger partial charge on any atom is -0.307 e. The van der Waals surface area contributed by atoms with Gasteiger partial charge < -0.3 is 4.40 Å². The number of benzene rings is 4. The summed E-state index contributed by atoms with van der Waals surface area (Å²) in [5.41, 5.74) is 11.4. The van der Waals surface area contributed by atoms with Crippen molar-refractivity contribution < 1.29 is 4.57 Å². The lowest BCUT2D eigenvalue weighted by atomic mass is 9.83. The van der Waals surface area contributed by atoms with Gasteiger partial charge in [0.15, 0.2) is 6.20 Å². The molecule has 200 valence electrons. The van der Waals surface area contributed by atoms with E-state index in [0.29, 0.717) is 5.92 Å². The summed E-state index contributed by atoms with van der Waals surface area (Å²) in [5, 5.41) is 9.70. The molecular weight excluding hydrogens is 484 g/mol. The second kappa shape index (κ2) is 8.19. The SMILES string of the molecule is Cc1ccc2c(C)c3c(c(CC(C)(C)C)c2c1)n1c2cc(C4CCCC4)ccc2c2ccc4cc[n+](C)c3c4c21. The van der Waals surface area contributed by atoms with Crippen LogP contribution < -0.4 is 4.57 Å². The molecule has 0 bridgehead atoms. The fraction of sp³-hybridized carbons (Fsp3) is 0.342. The zero-order chi connectivity index (χ0) is 27.5. The minimum atomic E-state index is 0.155. The van der Waals surface area contributed by atoms with E-state index in [1.807, 2.05) is 0 Å². The highest BCUT2D eigenvalue weighted by molar-refractivity contribution is 6.29. The maximum atomic E-state index is 2.70. The van der Waals surface area contributed by atoms with Crippen LogP contribution in [0.5, 0.6) is 0 Å². The van der Waals surface area contributed by atoms with E-state index >= 15 is 0 Å². The summed E-state index contributed by atoms with van der Waals surface area (Å²) < 4.78 is 5.07. The van der Waals surface area contributed by atoms with Gasteiger partial charge in [-0.3, -0.25) is 0 Å². The van der Waals surface area contributed by atoms with Gasteiger partial charge in [-0.2, -0.15) is 0 Å². The first-order valence-corrected chi connectivity index (χ1v) is 15.2. The molecule has 8 rings (SSSR count). The molecule has 2 heteroatoms. The van der Waals surface area contributed by atoms with E-state index in [1.54, 1.807) is 0 Å². The summed E-state index contributed by atoms with van der Waals surface area (Å²) in [6.07, 6.45) is 8.65. The van der Waals surface area contributed by atoms with Crippen LogP contribution in [-0.2, 0) is 13.5 Å². The lowest BCUT2D eigenvalue weighted by molar-refractivity contribution is -0.643. The molecule has 0 N–H and O–H groups in total. The summed E-state index contributed by atoms with van der Waals surface area (Å²) in [6.45, 7) is 11.8. The number of aromatic nitrogens is 2. The maximum Gasteiger partial charge on any atom is 0.224 e. The largest absolute Gasteiger partial charge is 0.307 e. The third-order valence-electron chi connectivity index (χ3n) is 9.85. The fourth-order valence-corrected chi connectivity index (χ4v) is 8.09. The Kier molecular flexibility index (Phi) is 4.95. The van der Waals surface area contributed by atoms with E-state index < -0.39 is 0 Å². The van der Waals surface area contributed by atoms with Crippen molar-refractivity contribution in [2.75, 3.05) is 0 Å². The lowest BCUT2D eigenvalue weighted by Crippen LogP contribution is -2.29. The van der Waals surface area contributed by atoms with Crippen molar-refractivity contribution in [2.24, 2.45) is 12.5 Å². The van der Waals surface area contributed by atoms with Gasteiger partial charge in [-0.15, -0.1) is 0 Å². The zero-order valence-electron chi connectivity index (χ0n) is 24.8. The Balaban J connectivity index is 1.72. The number of hydrogen-bond acceptors (Lipinski definition) is 0. The van der Waals surface area contributed by atoms with Crippen molar-refractivity contribution in [3.05, 3.63) is 83.0 Å². The van der Waals surface area contributed by atoms with E-state index in [4.69, 9.17) is 0 Å². The van der Waals surface area contributed by atoms with Crippen LogP contribution >= 0.6 is 0 Å². The van der Waals surface area contributed by atoms with Crippen molar-refractivity contribution >= 4 is 59.8 Å². The van der Waals surface area contributed by atoms with Crippen molar-refractivity contribution in [1.29, 1.82) is 0 Å². The molecule has 0 aliphatic heterocycles. The molecule has 3 aromatic heterocycles. The molecule has 0 spiro atoms. The van der Waals surface area contributed by atoms with E-state index in [9.17, 15) is 0 Å². The Morgan fingerprint density at radius 2 is 1.55 bits per heavy atom. The van der Waals surface area contributed by atoms with Crippen molar-refractivity contribution in [1.82, 2.24) is 4.40 Å². The monoisotopic (exact) mass is 523 g/mol. The van der Waals surface area contributed by atoms with E-state index in [0.717, 1.165) is 6.42 Å². The van der Waals surface area contributed by atoms with E-state index in [-0.39, 0.29) is 5.41 Å². The molecule has 0 atom stereocenters. The highest BCUT2D eigenvalue weighted by atomic mass is 15.0. The van der Waals surface area contributed by atoms with E-state index in [2.05, 4.69) is 111 Å². The Morgan fingerprint density at radius 3 is 2.33 bits per heavy atom. The number of hydrogen-bond donors (Lipinski definition) is 0. The molecule has 1 fully saturated rings. The molecular formula is C38H39N2+. The Labute approximate surface area is 236 Å². The van der Waals surface area contributed by atoms with Gasteiger partial charge in [0.25, 0.3) is 0 Å². The predicted octanol–water partition coefficient (Wildman–Crippen LogP) is 9.83. The predicted molar refractivity (Wildman–Crippen MR) is 171 cm³/mol. The Morgan fingerprint density at radius 1 is 0.800 bits per heavy atom. The van der Waals surface area contributed by atoms with Crippen LogP contribution in [0.1, 0.15) is 74.6 Å². The quantitative estimate of drug-likeness (QED) is 0.121. The highest BCUT2D eigenvalue weighted by Crippen LogP contribution is 2.46. The molecule has 0 amide bonds. The van der Waals surface area contributed by atoms with Gasteiger partial charge in [0, 0.05) is 16.8 Å². The minimum absolute atomic E-state index is 0.155. The second-order valence-electron chi connectivity index (χ2n) is 13.9. The van der Waals surface area contributed by atoms with Crippen LogP contribution in [0.25, 0.3) is 59.8 Å². The molecule has 0 unspecified atom stereocenters. The van der Waals surface area contributed by atoms with E-state index in [1.165, 1.54) is 108 Å². The normalized spacial score (nSPS) is 15.3. The number of rotatable bonds is 2. The maximum absolute atomic E-state index is 2.70. The van der Waals surface area contributed by atoms with Crippen LogP contribution in [0.4, 0.5) is 0 Å². The topological polar surface area (TPSA) is 8.29 Å². The highest BCUT2D eigenvalue weighted by Gasteiger charge is 2.29. The van der Waals surface area contributed by atoms with Gasteiger partial charge in [0.1, 0.15) is 7.05 Å². The third kappa shape index (κ3) is 3.25. The van der Waals surface area contributed by atoms with Gasteiger partial charge in [-0.05, 0) is 83.4 Å². The third-order valence-corrected chi connectivity index (χ3v) is 9.85. The molecule has 4 aromatic carbocycles. The molecule has 3 heterocycles. The van der Waals surface area contributed by atoms with Crippen molar-refractivity contribution in [2.45, 2.75) is 72.6 Å². The van der Waals surface area contributed by atoms with Crippen molar-refractivity contribution in [3.63, 3.8) is 0 Å². The average Bonchev–Trinajstić information content (AvgIpc) is 3.57. The first-order chi connectivity index (χ1) is 19.2. The Hall–Kier alpha value is -3.65. The zero-order valence-corrected chi connectivity index (χ0v) is 24.8. The molecule has 1 saturated carbocycles. The smallest absolute Gasteiger partial charge is 0.224 e.